The maximum absolute atomic E-state index is 6.33. The molecule has 0 fully saturated rings. The summed E-state index contributed by atoms with van der Waals surface area (Å²) < 4.78 is 5.90. The van der Waals surface area contributed by atoms with Crippen LogP contribution in [0.1, 0.15) is 31.9 Å². The average molecular weight is 387 g/mol. The second kappa shape index (κ2) is 7.65. The largest absolute Gasteiger partial charge is 0.489 e. The Morgan fingerprint density at radius 1 is 0.923 bits per heavy atom. The number of hydrogen-bond acceptors (Lipinski definition) is 3. The molecule has 0 aliphatic rings. The summed E-state index contributed by atoms with van der Waals surface area (Å²) in [5.74, 6) is 1.35. The Kier molecular flexibility index (Phi) is 5.49. The fourth-order valence-corrected chi connectivity index (χ4v) is 3.05. The molecule has 0 bridgehead atoms. The molecule has 5 heteroatoms. The van der Waals surface area contributed by atoms with Gasteiger partial charge in [-0.1, -0.05) is 56.1 Å². The molecule has 3 aromatic rings. The SMILES string of the molecule is CC(C)(C)c1ccc(OCc2cc(-c3ncccn3)c(Cl)cc2Cl)cc1. The van der Waals surface area contributed by atoms with Gasteiger partial charge in [-0.05, 0) is 41.3 Å². The van der Waals surface area contributed by atoms with Crippen molar-refractivity contribution in [2.45, 2.75) is 32.8 Å². The Labute approximate surface area is 164 Å². The van der Waals surface area contributed by atoms with Crippen molar-refractivity contribution >= 4 is 23.2 Å². The number of hydrogen-bond donors (Lipinski definition) is 0. The van der Waals surface area contributed by atoms with Crippen molar-refractivity contribution in [2.75, 3.05) is 0 Å². The first-order valence-electron chi connectivity index (χ1n) is 8.33. The van der Waals surface area contributed by atoms with Crippen LogP contribution in [0, 0.1) is 0 Å². The quantitative estimate of drug-likeness (QED) is 0.525. The van der Waals surface area contributed by atoms with Gasteiger partial charge in [0.1, 0.15) is 12.4 Å². The highest BCUT2D eigenvalue weighted by Crippen LogP contribution is 2.32. The number of nitrogens with zero attached hydrogens (tertiary/aromatic N) is 2. The van der Waals surface area contributed by atoms with Crippen molar-refractivity contribution in [1.82, 2.24) is 9.97 Å². The molecule has 0 saturated heterocycles. The minimum atomic E-state index is 0.114. The van der Waals surface area contributed by atoms with E-state index in [1.165, 1.54) is 5.56 Å². The second-order valence-corrected chi connectivity index (χ2v) is 7.87. The van der Waals surface area contributed by atoms with E-state index >= 15 is 0 Å². The smallest absolute Gasteiger partial charge is 0.160 e. The fourth-order valence-electron chi connectivity index (χ4n) is 2.53. The number of benzene rings is 2. The molecule has 134 valence electrons. The van der Waals surface area contributed by atoms with Gasteiger partial charge in [0, 0.05) is 28.5 Å². The first-order valence-corrected chi connectivity index (χ1v) is 9.09. The second-order valence-electron chi connectivity index (χ2n) is 7.06. The van der Waals surface area contributed by atoms with E-state index in [9.17, 15) is 0 Å². The molecule has 0 aliphatic heterocycles. The van der Waals surface area contributed by atoms with Gasteiger partial charge in [-0.15, -0.1) is 0 Å². The van der Waals surface area contributed by atoms with Gasteiger partial charge >= 0.3 is 0 Å². The van der Waals surface area contributed by atoms with Crippen LogP contribution in [0.25, 0.3) is 11.4 Å². The van der Waals surface area contributed by atoms with Crippen molar-refractivity contribution in [3.63, 3.8) is 0 Å². The maximum Gasteiger partial charge on any atom is 0.160 e. The first-order chi connectivity index (χ1) is 12.3. The van der Waals surface area contributed by atoms with Crippen molar-refractivity contribution in [2.24, 2.45) is 0 Å². The van der Waals surface area contributed by atoms with Crippen LogP contribution in [0.2, 0.25) is 10.0 Å². The monoisotopic (exact) mass is 386 g/mol. The predicted octanol–water partition coefficient (Wildman–Crippen LogP) is 6.33. The Bertz CT molecular complexity index is 888. The third-order valence-electron chi connectivity index (χ3n) is 4.06. The summed E-state index contributed by atoms with van der Waals surface area (Å²) in [6.07, 6.45) is 3.36. The Hall–Kier alpha value is -2.10. The summed E-state index contributed by atoms with van der Waals surface area (Å²) in [5, 5.41) is 1.07. The number of halogens is 2. The van der Waals surface area contributed by atoms with Gasteiger partial charge in [-0.3, -0.25) is 0 Å². The third-order valence-corrected chi connectivity index (χ3v) is 4.72. The molecule has 1 aromatic heterocycles. The molecule has 3 nitrogen and oxygen atoms in total. The molecule has 0 spiro atoms. The summed E-state index contributed by atoms with van der Waals surface area (Å²) in [6.45, 7) is 6.89. The average Bonchev–Trinajstić information content (AvgIpc) is 2.61. The van der Waals surface area contributed by atoms with Gasteiger partial charge in [-0.2, -0.15) is 0 Å². The standard InChI is InChI=1S/C21H20Cl2N2O/c1-21(2,3)15-5-7-16(8-6-15)26-13-14-11-17(19(23)12-18(14)22)20-24-9-4-10-25-20/h4-12H,13H2,1-3H3. The predicted molar refractivity (Wildman–Crippen MR) is 107 cm³/mol. The molecular formula is C21H20Cl2N2O. The molecule has 0 radical (unpaired) electrons. The lowest BCUT2D eigenvalue weighted by Gasteiger charge is -2.19. The van der Waals surface area contributed by atoms with Gasteiger partial charge in [0.15, 0.2) is 5.82 Å². The molecule has 0 atom stereocenters. The molecule has 0 amide bonds. The van der Waals surface area contributed by atoms with Crippen LogP contribution < -0.4 is 4.74 Å². The molecule has 26 heavy (non-hydrogen) atoms. The summed E-state index contributed by atoms with van der Waals surface area (Å²) >= 11 is 12.6. The molecule has 0 aliphatic carbocycles. The van der Waals surface area contributed by atoms with Gasteiger partial charge in [-0.25, -0.2) is 9.97 Å². The van der Waals surface area contributed by atoms with Crippen molar-refractivity contribution in [3.8, 4) is 17.1 Å². The van der Waals surface area contributed by atoms with Gasteiger partial charge in [0.25, 0.3) is 0 Å². The van der Waals surface area contributed by atoms with Crippen molar-refractivity contribution in [1.29, 1.82) is 0 Å². The summed E-state index contributed by atoms with van der Waals surface area (Å²) in [4.78, 5) is 8.50. The van der Waals surface area contributed by atoms with Crippen molar-refractivity contribution in [3.05, 3.63) is 76.0 Å². The molecule has 3 rings (SSSR count). The van der Waals surface area contributed by atoms with Crippen LogP contribution >= 0.6 is 23.2 Å². The minimum Gasteiger partial charge on any atom is -0.489 e. The van der Waals surface area contributed by atoms with E-state index in [-0.39, 0.29) is 5.41 Å². The van der Waals surface area contributed by atoms with Gasteiger partial charge < -0.3 is 4.74 Å². The highest BCUT2D eigenvalue weighted by atomic mass is 35.5. The Morgan fingerprint density at radius 3 is 2.19 bits per heavy atom. The highest BCUT2D eigenvalue weighted by Gasteiger charge is 2.14. The van der Waals surface area contributed by atoms with E-state index < -0.39 is 0 Å². The zero-order valence-electron chi connectivity index (χ0n) is 15.0. The summed E-state index contributed by atoms with van der Waals surface area (Å²) in [7, 11) is 0. The summed E-state index contributed by atoms with van der Waals surface area (Å²) in [6, 6.07) is 13.5. The highest BCUT2D eigenvalue weighted by molar-refractivity contribution is 6.36. The zero-order chi connectivity index (χ0) is 18.7. The number of aromatic nitrogens is 2. The lowest BCUT2D eigenvalue weighted by atomic mass is 9.87. The lowest BCUT2D eigenvalue weighted by Crippen LogP contribution is -2.10. The van der Waals surface area contributed by atoms with E-state index in [4.69, 9.17) is 27.9 Å². The van der Waals surface area contributed by atoms with E-state index in [2.05, 4.69) is 42.9 Å². The maximum atomic E-state index is 6.33. The van der Waals surface area contributed by atoms with Crippen LogP contribution in [0.15, 0.2) is 54.9 Å². The number of ether oxygens (including phenoxy) is 1. The Balaban J connectivity index is 1.80. The molecule has 1 heterocycles. The molecular weight excluding hydrogens is 367 g/mol. The van der Waals surface area contributed by atoms with Crippen LogP contribution in [0.4, 0.5) is 0 Å². The van der Waals surface area contributed by atoms with Crippen molar-refractivity contribution < 1.29 is 4.74 Å². The Morgan fingerprint density at radius 2 is 1.58 bits per heavy atom. The third kappa shape index (κ3) is 4.35. The van der Waals surface area contributed by atoms with Gasteiger partial charge in [0.2, 0.25) is 0 Å². The topological polar surface area (TPSA) is 35.0 Å². The normalized spacial score (nSPS) is 11.4. The molecule has 0 saturated carbocycles. The van der Waals surface area contributed by atoms with E-state index in [1.54, 1.807) is 24.5 Å². The minimum absolute atomic E-state index is 0.114. The molecule has 0 unspecified atom stereocenters. The molecule has 0 N–H and O–H groups in total. The van der Waals surface area contributed by atoms with E-state index in [0.29, 0.717) is 22.5 Å². The van der Waals surface area contributed by atoms with Crippen LogP contribution in [0.3, 0.4) is 0 Å². The fraction of sp³-hybridized carbons (Fsp3) is 0.238. The number of rotatable bonds is 4. The van der Waals surface area contributed by atoms with Gasteiger partial charge in [0.05, 0.1) is 5.02 Å². The van der Waals surface area contributed by atoms with Crippen LogP contribution in [0.5, 0.6) is 5.75 Å². The van der Waals surface area contributed by atoms with E-state index in [1.807, 2.05) is 18.2 Å². The zero-order valence-corrected chi connectivity index (χ0v) is 16.5. The van der Waals surface area contributed by atoms with Crippen LogP contribution in [-0.2, 0) is 12.0 Å². The van der Waals surface area contributed by atoms with Crippen LogP contribution in [-0.4, -0.2) is 9.97 Å². The first kappa shape index (κ1) is 18.7. The van der Waals surface area contributed by atoms with E-state index in [0.717, 1.165) is 16.9 Å². The molecule has 2 aromatic carbocycles. The summed E-state index contributed by atoms with van der Waals surface area (Å²) in [5.41, 5.74) is 2.94. The lowest BCUT2D eigenvalue weighted by molar-refractivity contribution is 0.306.